The monoisotopic (exact) mass is 270 g/mol. The molecule has 1 aromatic heterocycles. The van der Waals surface area contributed by atoms with Crippen molar-refractivity contribution in [2.24, 2.45) is 0 Å². The quantitative estimate of drug-likeness (QED) is 0.740. The minimum absolute atomic E-state index is 0.537. The van der Waals surface area contributed by atoms with Gasteiger partial charge in [-0.25, -0.2) is 4.98 Å². The summed E-state index contributed by atoms with van der Waals surface area (Å²) >= 11 is 0. The topological polar surface area (TPSA) is 70.5 Å². The second kappa shape index (κ2) is 4.77. The Hall–Kier alpha value is -2.69. The lowest BCUT2D eigenvalue weighted by Gasteiger charge is -2.05. The van der Waals surface area contributed by atoms with Gasteiger partial charge in [-0.2, -0.15) is 0 Å². The van der Waals surface area contributed by atoms with Crippen LogP contribution in [0.5, 0.6) is 11.5 Å². The molecule has 0 aliphatic rings. The summed E-state index contributed by atoms with van der Waals surface area (Å²) in [6.07, 6.45) is 0. The van der Waals surface area contributed by atoms with E-state index in [0.717, 1.165) is 11.1 Å². The van der Waals surface area contributed by atoms with Gasteiger partial charge in [0, 0.05) is 23.4 Å². The minimum atomic E-state index is 0.537. The standard InChI is InChI=1S/C15H14N2O3/c1-18-13-7-11-12(8-14(13)19-2)20-15(17-11)9-3-5-10(16)6-4-9/h3-8H,16H2,1-2H3. The van der Waals surface area contributed by atoms with Crippen molar-refractivity contribution in [1.29, 1.82) is 0 Å². The van der Waals surface area contributed by atoms with Crippen LogP contribution >= 0.6 is 0 Å². The molecule has 0 radical (unpaired) electrons. The summed E-state index contributed by atoms with van der Waals surface area (Å²) in [5, 5.41) is 0. The first-order chi connectivity index (χ1) is 9.71. The summed E-state index contributed by atoms with van der Waals surface area (Å²) in [6, 6.07) is 10.9. The number of nitrogen functional groups attached to an aromatic ring is 1. The molecule has 3 aromatic rings. The van der Waals surface area contributed by atoms with Crippen molar-refractivity contribution in [3.8, 4) is 23.0 Å². The molecule has 2 aromatic carbocycles. The van der Waals surface area contributed by atoms with E-state index in [9.17, 15) is 0 Å². The molecular weight excluding hydrogens is 256 g/mol. The van der Waals surface area contributed by atoms with Crippen molar-refractivity contribution in [2.75, 3.05) is 20.0 Å². The third kappa shape index (κ3) is 2.03. The fraction of sp³-hybridized carbons (Fsp3) is 0.133. The first-order valence-electron chi connectivity index (χ1n) is 6.09. The molecule has 5 nitrogen and oxygen atoms in total. The molecule has 0 aliphatic heterocycles. The molecule has 0 atom stereocenters. The number of benzene rings is 2. The molecule has 0 bridgehead atoms. The minimum Gasteiger partial charge on any atom is -0.493 e. The Morgan fingerprint density at radius 1 is 1.00 bits per heavy atom. The number of methoxy groups -OCH3 is 2. The number of anilines is 1. The van der Waals surface area contributed by atoms with E-state index in [2.05, 4.69) is 4.98 Å². The lowest BCUT2D eigenvalue weighted by molar-refractivity contribution is 0.355. The van der Waals surface area contributed by atoms with Crippen molar-refractivity contribution >= 4 is 16.8 Å². The van der Waals surface area contributed by atoms with E-state index in [0.29, 0.717) is 28.7 Å². The van der Waals surface area contributed by atoms with Crippen LogP contribution in [0.1, 0.15) is 0 Å². The highest BCUT2D eigenvalue weighted by molar-refractivity contribution is 5.80. The third-order valence-corrected chi connectivity index (χ3v) is 3.05. The first-order valence-corrected chi connectivity index (χ1v) is 6.09. The van der Waals surface area contributed by atoms with Crippen LogP contribution in [0, 0.1) is 0 Å². The van der Waals surface area contributed by atoms with E-state index < -0.39 is 0 Å². The molecule has 3 rings (SSSR count). The molecule has 102 valence electrons. The lowest BCUT2D eigenvalue weighted by Crippen LogP contribution is -1.89. The number of hydrogen-bond acceptors (Lipinski definition) is 5. The zero-order valence-corrected chi connectivity index (χ0v) is 11.2. The summed E-state index contributed by atoms with van der Waals surface area (Å²) in [4.78, 5) is 4.45. The van der Waals surface area contributed by atoms with Crippen molar-refractivity contribution in [3.63, 3.8) is 0 Å². The van der Waals surface area contributed by atoms with Gasteiger partial charge < -0.3 is 19.6 Å². The predicted molar refractivity (Wildman–Crippen MR) is 77.0 cm³/mol. The van der Waals surface area contributed by atoms with Gasteiger partial charge >= 0.3 is 0 Å². The maximum atomic E-state index is 5.75. The van der Waals surface area contributed by atoms with Crippen LogP contribution in [0.15, 0.2) is 40.8 Å². The molecule has 0 unspecified atom stereocenters. The summed E-state index contributed by atoms with van der Waals surface area (Å²) in [5.41, 5.74) is 8.61. The zero-order chi connectivity index (χ0) is 14.1. The second-order valence-corrected chi connectivity index (χ2v) is 4.32. The Morgan fingerprint density at radius 2 is 1.65 bits per heavy atom. The summed E-state index contributed by atoms with van der Waals surface area (Å²) in [5.74, 6) is 1.77. The van der Waals surface area contributed by atoms with E-state index in [1.807, 2.05) is 24.3 Å². The Morgan fingerprint density at radius 3 is 2.30 bits per heavy atom. The van der Waals surface area contributed by atoms with Crippen LogP contribution in [0.25, 0.3) is 22.6 Å². The van der Waals surface area contributed by atoms with E-state index in [4.69, 9.17) is 19.6 Å². The number of fused-ring (bicyclic) bond motifs is 1. The number of rotatable bonds is 3. The zero-order valence-electron chi connectivity index (χ0n) is 11.2. The Kier molecular flexibility index (Phi) is 2.95. The van der Waals surface area contributed by atoms with Gasteiger partial charge in [0.25, 0.3) is 0 Å². The van der Waals surface area contributed by atoms with Crippen LogP contribution in [-0.2, 0) is 0 Å². The number of oxazole rings is 1. The summed E-state index contributed by atoms with van der Waals surface area (Å²) in [7, 11) is 3.17. The van der Waals surface area contributed by atoms with Gasteiger partial charge in [-0.05, 0) is 24.3 Å². The molecule has 0 amide bonds. The van der Waals surface area contributed by atoms with Gasteiger partial charge in [0.1, 0.15) is 5.52 Å². The van der Waals surface area contributed by atoms with Crippen LogP contribution in [0.4, 0.5) is 5.69 Å². The fourth-order valence-electron chi connectivity index (χ4n) is 2.00. The number of aromatic nitrogens is 1. The van der Waals surface area contributed by atoms with E-state index in [1.54, 1.807) is 26.4 Å². The normalized spacial score (nSPS) is 10.7. The molecule has 2 N–H and O–H groups in total. The highest BCUT2D eigenvalue weighted by Gasteiger charge is 2.13. The number of hydrogen-bond donors (Lipinski definition) is 1. The highest BCUT2D eigenvalue weighted by Crippen LogP contribution is 2.34. The number of nitrogens with zero attached hydrogens (tertiary/aromatic N) is 1. The number of nitrogens with two attached hydrogens (primary N) is 1. The predicted octanol–water partition coefficient (Wildman–Crippen LogP) is 3.09. The van der Waals surface area contributed by atoms with E-state index >= 15 is 0 Å². The molecule has 0 saturated carbocycles. The Bertz CT molecular complexity index is 707. The number of ether oxygens (including phenoxy) is 2. The van der Waals surface area contributed by atoms with Gasteiger partial charge in [-0.15, -0.1) is 0 Å². The van der Waals surface area contributed by atoms with Crippen LogP contribution in [0.3, 0.4) is 0 Å². The first kappa shape index (κ1) is 12.3. The molecule has 0 fully saturated rings. The van der Waals surface area contributed by atoms with E-state index in [-0.39, 0.29) is 0 Å². The summed E-state index contributed by atoms with van der Waals surface area (Å²) in [6.45, 7) is 0. The fourth-order valence-corrected chi connectivity index (χ4v) is 2.00. The lowest BCUT2D eigenvalue weighted by atomic mass is 10.2. The van der Waals surface area contributed by atoms with Crippen LogP contribution in [-0.4, -0.2) is 19.2 Å². The van der Waals surface area contributed by atoms with Gasteiger partial charge in [-0.1, -0.05) is 0 Å². The SMILES string of the molecule is COc1cc2nc(-c3ccc(N)cc3)oc2cc1OC. The van der Waals surface area contributed by atoms with Crippen molar-refractivity contribution < 1.29 is 13.9 Å². The molecule has 0 spiro atoms. The summed E-state index contributed by atoms with van der Waals surface area (Å²) < 4.78 is 16.2. The van der Waals surface area contributed by atoms with Gasteiger partial charge in [0.2, 0.25) is 5.89 Å². The van der Waals surface area contributed by atoms with Crippen molar-refractivity contribution in [1.82, 2.24) is 4.98 Å². The Labute approximate surface area is 115 Å². The smallest absolute Gasteiger partial charge is 0.227 e. The van der Waals surface area contributed by atoms with Gasteiger partial charge in [0.15, 0.2) is 17.1 Å². The second-order valence-electron chi connectivity index (χ2n) is 4.32. The molecule has 20 heavy (non-hydrogen) atoms. The van der Waals surface area contributed by atoms with Crippen molar-refractivity contribution in [2.45, 2.75) is 0 Å². The van der Waals surface area contributed by atoms with Crippen molar-refractivity contribution in [3.05, 3.63) is 36.4 Å². The maximum Gasteiger partial charge on any atom is 0.227 e. The largest absolute Gasteiger partial charge is 0.493 e. The molecule has 0 saturated heterocycles. The molecule has 5 heteroatoms. The van der Waals surface area contributed by atoms with Gasteiger partial charge in [0.05, 0.1) is 14.2 Å². The average molecular weight is 270 g/mol. The Balaban J connectivity index is 2.12. The van der Waals surface area contributed by atoms with Crippen LogP contribution in [0.2, 0.25) is 0 Å². The third-order valence-electron chi connectivity index (χ3n) is 3.05. The van der Waals surface area contributed by atoms with Gasteiger partial charge in [-0.3, -0.25) is 0 Å². The van der Waals surface area contributed by atoms with E-state index in [1.165, 1.54) is 0 Å². The maximum absolute atomic E-state index is 5.75. The average Bonchev–Trinajstić information content (AvgIpc) is 2.89. The molecule has 0 aliphatic carbocycles. The molecule has 1 heterocycles. The molecular formula is C15H14N2O3. The highest BCUT2D eigenvalue weighted by atomic mass is 16.5. The van der Waals surface area contributed by atoms with Crippen LogP contribution < -0.4 is 15.2 Å².